The second-order valence-electron chi connectivity index (χ2n) is 2.19. The molecule has 72 valence electrons. The fourth-order valence-corrected chi connectivity index (χ4v) is 2.29. The van der Waals surface area contributed by atoms with Gasteiger partial charge in [-0.2, -0.15) is 4.37 Å². The van der Waals surface area contributed by atoms with Crippen LogP contribution in [-0.2, 0) is 0 Å². The van der Waals surface area contributed by atoms with E-state index >= 15 is 0 Å². The van der Waals surface area contributed by atoms with E-state index in [0.29, 0.717) is 10.7 Å². The third kappa shape index (κ3) is 1.94. The topological polar surface area (TPSA) is 77.6 Å². The number of aromatic nitrogens is 4. The number of halogens is 1. The lowest BCUT2D eigenvalue weighted by atomic mass is 10.6. The summed E-state index contributed by atoms with van der Waals surface area (Å²) in [5.41, 5.74) is 6.05. The second kappa shape index (κ2) is 4.07. The standard InChI is InChI=1S/C6H4ClN5S2/c7-4-3(8)5(10-1-9-4)13-6-11-2-12-14-6/h1-2H,8H2. The first-order valence-electron chi connectivity index (χ1n) is 3.48. The smallest absolute Gasteiger partial charge is 0.176 e. The first-order valence-corrected chi connectivity index (χ1v) is 5.44. The van der Waals surface area contributed by atoms with E-state index in [1.807, 2.05) is 0 Å². The largest absolute Gasteiger partial charge is 0.394 e. The molecule has 0 amide bonds. The molecule has 2 rings (SSSR count). The number of hydrogen-bond donors (Lipinski definition) is 1. The maximum Gasteiger partial charge on any atom is 0.176 e. The molecular weight excluding hydrogens is 242 g/mol. The van der Waals surface area contributed by atoms with Gasteiger partial charge in [-0.25, -0.2) is 15.0 Å². The highest BCUT2D eigenvalue weighted by Gasteiger charge is 2.09. The Bertz CT molecular complexity index is 432. The van der Waals surface area contributed by atoms with Crippen molar-refractivity contribution in [2.45, 2.75) is 9.37 Å². The summed E-state index contributed by atoms with van der Waals surface area (Å²) >= 11 is 8.33. The fraction of sp³-hybridized carbons (Fsp3) is 0. The van der Waals surface area contributed by atoms with Crippen LogP contribution in [0.3, 0.4) is 0 Å². The highest BCUT2D eigenvalue weighted by molar-refractivity contribution is 8.01. The van der Waals surface area contributed by atoms with Crippen molar-refractivity contribution in [2.75, 3.05) is 5.73 Å². The van der Waals surface area contributed by atoms with Crippen molar-refractivity contribution in [3.8, 4) is 0 Å². The van der Waals surface area contributed by atoms with E-state index in [1.54, 1.807) is 0 Å². The average Bonchev–Trinajstić information content (AvgIpc) is 2.66. The molecule has 0 saturated heterocycles. The van der Waals surface area contributed by atoms with E-state index in [0.717, 1.165) is 4.34 Å². The molecule has 0 bridgehead atoms. The van der Waals surface area contributed by atoms with Crippen LogP contribution in [0.25, 0.3) is 0 Å². The minimum absolute atomic E-state index is 0.256. The molecule has 0 spiro atoms. The summed E-state index contributed by atoms with van der Waals surface area (Å²) in [4.78, 5) is 11.7. The van der Waals surface area contributed by atoms with Gasteiger partial charge in [-0.05, 0) is 23.3 Å². The van der Waals surface area contributed by atoms with Gasteiger partial charge >= 0.3 is 0 Å². The molecule has 0 fully saturated rings. The SMILES string of the molecule is Nc1c(Cl)ncnc1Sc1ncns1. The van der Waals surface area contributed by atoms with E-state index < -0.39 is 0 Å². The summed E-state index contributed by atoms with van der Waals surface area (Å²) < 4.78 is 4.63. The second-order valence-corrected chi connectivity index (χ2v) is 4.57. The first kappa shape index (κ1) is 9.63. The number of nitrogens with zero attached hydrogens (tertiary/aromatic N) is 4. The van der Waals surface area contributed by atoms with Gasteiger partial charge < -0.3 is 5.73 Å². The quantitative estimate of drug-likeness (QED) is 0.812. The van der Waals surface area contributed by atoms with E-state index in [1.165, 1.54) is 35.9 Å². The molecule has 0 unspecified atom stereocenters. The van der Waals surface area contributed by atoms with E-state index in [-0.39, 0.29) is 5.15 Å². The molecule has 2 heterocycles. The van der Waals surface area contributed by atoms with Gasteiger partial charge in [-0.1, -0.05) is 11.6 Å². The van der Waals surface area contributed by atoms with Crippen LogP contribution in [0.5, 0.6) is 0 Å². The maximum atomic E-state index is 5.73. The molecule has 0 aliphatic carbocycles. The summed E-state index contributed by atoms with van der Waals surface area (Å²) in [7, 11) is 0. The van der Waals surface area contributed by atoms with Crippen LogP contribution in [0.1, 0.15) is 0 Å². The Morgan fingerprint density at radius 2 is 2.14 bits per heavy atom. The van der Waals surface area contributed by atoms with Crippen molar-refractivity contribution in [1.82, 2.24) is 19.3 Å². The van der Waals surface area contributed by atoms with Crippen LogP contribution in [0.4, 0.5) is 5.69 Å². The third-order valence-corrected chi connectivity index (χ3v) is 3.36. The van der Waals surface area contributed by atoms with Crippen LogP contribution in [0.15, 0.2) is 22.0 Å². The summed E-state index contributed by atoms with van der Waals surface area (Å²) in [5.74, 6) is 0. The van der Waals surface area contributed by atoms with Crippen molar-refractivity contribution in [3.63, 3.8) is 0 Å². The Morgan fingerprint density at radius 1 is 1.29 bits per heavy atom. The van der Waals surface area contributed by atoms with Gasteiger partial charge in [0, 0.05) is 0 Å². The summed E-state index contributed by atoms with van der Waals surface area (Å²) in [6, 6.07) is 0. The monoisotopic (exact) mass is 245 g/mol. The van der Waals surface area contributed by atoms with Crippen molar-refractivity contribution < 1.29 is 0 Å². The fourth-order valence-electron chi connectivity index (χ4n) is 0.731. The van der Waals surface area contributed by atoms with Crippen molar-refractivity contribution >= 4 is 40.6 Å². The van der Waals surface area contributed by atoms with Crippen LogP contribution in [0, 0.1) is 0 Å². The zero-order chi connectivity index (χ0) is 9.97. The molecule has 5 nitrogen and oxygen atoms in total. The van der Waals surface area contributed by atoms with E-state index in [4.69, 9.17) is 17.3 Å². The first-order chi connectivity index (χ1) is 6.77. The molecular formula is C6H4ClN5S2. The molecule has 0 aliphatic rings. The Labute approximate surface area is 92.9 Å². The Kier molecular flexibility index (Phi) is 2.80. The predicted octanol–water partition coefficient (Wildman–Crippen LogP) is 1.71. The molecule has 14 heavy (non-hydrogen) atoms. The normalized spacial score (nSPS) is 10.4. The van der Waals surface area contributed by atoms with Crippen molar-refractivity contribution in [1.29, 1.82) is 0 Å². The highest BCUT2D eigenvalue weighted by Crippen LogP contribution is 2.32. The van der Waals surface area contributed by atoms with Crippen molar-refractivity contribution in [3.05, 3.63) is 17.8 Å². The molecule has 2 N–H and O–H groups in total. The average molecular weight is 246 g/mol. The van der Waals surface area contributed by atoms with Crippen molar-refractivity contribution in [2.24, 2.45) is 0 Å². The molecule has 2 aromatic heterocycles. The van der Waals surface area contributed by atoms with E-state index in [2.05, 4.69) is 19.3 Å². The third-order valence-electron chi connectivity index (χ3n) is 1.32. The zero-order valence-electron chi connectivity index (χ0n) is 6.72. The van der Waals surface area contributed by atoms with Crippen LogP contribution in [-0.4, -0.2) is 19.3 Å². The molecule has 2 aromatic rings. The van der Waals surface area contributed by atoms with Crippen LogP contribution in [0.2, 0.25) is 5.15 Å². The number of nitrogens with two attached hydrogens (primary N) is 1. The lowest BCUT2D eigenvalue weighted by Gasteiger charge is -2.01. The van der Waals surface area contributed by atoms with Gasteiger partial charge in [0.05, 0.1) is 0 Å². The predicted molar refractivity (Wildman–Crippen MR) is 55.5 cm³/mol. The Morgan fingerprint density at radius 3 is 2.86 bits per heavy atom. The minimum atomic E-state index is 0.256. The molecule has 0 aromatic carbocycles. The summed E-state index contributed by atoms with van der Waals surface area (Å²) in [5, 5.41) is 0.855. The minimum Gasteiger partial charge on any atom is -0.394 e. The molecule has 0 aliphatic heterocycles. The number of anilines is 1. The maximum absolute atomic E-state index is 5.73. The number of hydrogen-bond acceptors (Lipinski definition) is 7. The summed E-state index contributed by atoms with van der Waals surface area (Å²) in [6.07, 6.45) is 2.84. The number of nitrogen functional groups attached to an aromatic ring is 1. The summed E-state index contributed by atoms with van der Waals surface area (Å²) in [6.45, 7) is 0. The highest BCUT2D eigenvalue weighted by atomic mass is 35.5. The Balaban J connectivity index is 2.29. The molecule has 0 radical (unpaired) electrons. The van der Waals surface area contributed by atoms with Gasteiger partial charge in [-0.3, -0.25) is 0 Å². The van der Waals surface area contributed by atoms with Crippen LogP contribution < -0.4 is 5.73 Å². The zero-order valence-corrected chi connectivity index (χ0v) is 9.10. The van der Waals surface area contributed by atoms with Crippen LogP contribution >= 0.6 is 34.9 Å². The lowest BCUT2D eigenvalue weighted by molar-refractivity contribution is 1.05. The van der Waals surface area contributed by atoms with Gasteiger partial charge in [0.15, 0.2) is 9.49 Å². The molecule has 8 heteroatoms. The van der Waals surface area contributed by atoms with E-state index in [9.17, 15) is 0 Å². The molecule has 0 saturated carbocycles. The van der Waals surface area contributed by atoms with Gasteiger partial charge in [0.2, 0.25) is 0 Å². The number of rotatable bonds is 2. The van der Waals surface area contributed by atoms with Gasteiger partial charge in [0.1, 0.15) is 23.4 Å². The Hall–Kier alpha value is -0.920. The molecule has 0 atom stereocenters. The lowest BCUT2D eigenvalue weighted by Crippen LogP contribution is -1.94. The van der Waals surface area contributed by atoms with Gasteiger partial charge in [-0.15, -0.1) is 0 Å². The van der Waals surface area contributed by atoms with Gasteiger partial charge in [0.25, 0.3) is 0 Å².